The molecule has 0 unspecified atom stereocenters. The smallest absolute Gasteiger partial charge is 0.0992 e. The molecule has 0 atom stereocenters. The van der Waals surface area contributed by atoms with E-state index in [0.29, 0.717) is 5.56 Å². The molecular weight excluding hydrogens is 264 g/mol. The Morgan fingerprint density at radius 2 is 1.69 bits per heavy atom. The Morgan fingerprint density at radius 1 is 1.00 bits per heavy atom. The maximum atomic E-state index is 8.89. The molecule has 0 aromatic heterocycles. The van der Waals surface area contributed by atoms with Gasteiger partial charge in [-0.1, -0.05) is 28.1 Å². The second-order valence-electron chi connectivity index (χ2n) is 3.46. The molecule has 0 aliphatic rings. The van der Waals surface area contributed by atoms with Crippen LogP contribution in [0.1, 0.15) is 5.56 Å². The molecule has 0 saturated heterocycles. The predicted molar refractivity (Wildman–Crippen MR) is 68.7 cm³/mol. The number of rotatable bonds is 1. The molecule has 0 amide bonds. The van der Waals surface area contributed by atoms with Crippen LogP contribution in [-0.2, 0) is 0 Å². The van der Waals surface area contributed by atoms with E-state index in [1.807, 2.05) is 36.4 Å². The minimum Gasteiger partial charge on any atom is -0.399 e. The van der Waals surface area contributed by atoms with Crippen molar-refractivity contribution in [1.82, 2.24) is 0 Å². The quantitative estimate of drug-likeness (QED) is 0.807. The molecule has 0 spiro atoms. The Bertz CT molecular complexity index is 553. The largest absolute Gasteiger partial charge is 0.399 e. The number of nitriles is 1. The van der Waals surface area contributed by atoms with Gasteiger partial charge in [-0.05, 0) is 41.5 Å². The van der Waals surface area contributed by atoms with E-state index < -0.39 is 0 Å². The zero-order valence-corrected chi connectivity index (χ0v) is 10.0. The number of halogens is 1. The van der Waals surface area contributed by atoms with E-state index in [4.69, 9.17) is 11.0 Å². The summed E-state index contributed by atoms with van der Waals surface area (Å²) in [6.07, 6.45) is 0. The van der Waals surface area contributed by atoms with Crippen LogP contribution in [0.3, 0.4) is 0 Å². The molecule has 78 valence electrons. The highest BCUT2D eigenvalue weighted by atomic mass is 79.9. The first-order chi connectivity index (χ1) is 7.69. The van der Waals surface area contributed by atoms with Gasteiger partial charge in [-0.3, -0.25) is 0 Å². The second kappa shape index (κ2) is 4.38. The van der Waals surface area contributed by atoms with Crippen molar-refractivity contribution in [2.45, 2.75) is 0 Å². The summed E-state index contributed by atoms with van der Waals surface area (Å²) in [5.74, 6) is 0. The summed E-state index contributed by atoms with van der Waals surface area (Å²) in [6.45, 7) is 0. The highest BCUT2D eigenvalue weighted by Gasteiger charge is 2.01. The average Bonchev–Trinajstić information content (AvgIpc) is 2.29. The Balaban J connectivity index is 2.52. The summed E-state index contributed by atoms with van der Waals surface area (Å²) in [5, 5.41) is 8.89. The van der Waals surface area contributed by atoms with Crippen LogP contribution in [0, 0.1) is 11.3 Å². The fraction of sp³-hybridized carbons (Fsp3) is 0. The number of hydrogen-bond donors (Lipinski definition) is 1. The molecule has 2 nitrogen and oxygen atoms in total. The van der Waals surface area contributed by atoms with Gasteiger partial charge in [-0.25, -0.2) is 0 Å². The van der Waals surface area contributed by atoms with Crippen LogP contribution in [0.5, 0.6) is 0 Å². The van der Waals surface area contributed by atoms with E-state index >= 15 is 0 Å². The minimum absolute atomic E-state index is 0.640. The lowest BCUT2D eigenvalue weighted by Crippen LogP contribution is -1.85. The molecule has 2 aromatic rings. The Kier molecular flexibility index (Phi) is 2.93. The van der Waals surface area contributed by atoms with Crippen LogP contribution in [0.4, 0.5) is 5.69 Å². The number of benzene rings is 2. The van der Waals surface area contributed by atoms with Gasteiger partial charge in [0.15, 0.2) is 0 Å². The van der Waals surface area contributed by atoms with Gasteiger partial charge in [0.25, 0.3) is 0 Å². The maximum absolute atomic E-state index is 8.89. The molecule has 0 heterocycles. The van der Waals surface area contributed by atoms with Crippen molar-refractivity contribution in [2.75, 3.05) is 5.73 Å². The Hall–Kier alpha value is -1.79. The van der Waals surface area contributed by atoms with Gasteiger partial charge in [0.2, 0.25) is 0 Å². The molecule has 0 aliphatic carbocycles. The van der Waals surface area contributed by atoms with E-state index in [1.165, 1.54) is 0 Å². The molecule has 3 heteroatoms. The molecule has 2 rings (SSSR count). The molecule has 0 saturated carbocycles. The van der Waals surface area contributed by atoms with Gasteiger partial charge in [0.05, 0.1) is 11.6 Å². The van der Waals surface area contributed by atoms with Gasteiger partial charge < -0.3 is 5.73 Å². The average molecular weight is 273 g/mol. The van der Waals surface area contributed by atoms with Crippen molar-refractivity contribution in [3.63, 3.8) is 0 Å². The molecule has 2 aromatic carbocycles. The molecule has 16 heavy (non-hydrogen) atoms. The van der Waals surface area contributed by atoms with Crippen LogP contribution >= 0.6 is 15.9 Å². The number of hydrogen-bond acceptors (Lipinski definition) is 2. The molecule has 0 fully saturated rings. The lowest BCUT2D eigenvalue weighted by molar-refractivity contribution is 1.47. The van der Waals surface area contributed by atoms with Crippen molar-refractivity contribution in [3.8, 4) is 17.2 Å². The van der Waals surface area contributed by atoms with E-state index in [9.17, 15) is 0 Å². The van der Waals surface area contributed by atoms with Crippen molar-refractivity contribution in [2.24, 2.45) is 0 Å². The number of nitrogens with two attached hydrogens (primary N) is 1. The van der Waals surface area contributed by atoms with Crippen molar-refractivity contribution in [3.05, 3.63) is 52.5 Å². The summed E-state index contributed by atoms with van der Waals surface area (Å²) in [7, 11) is 0. The molecule has 0 bridgehead atoms. The second-order valence-corrected chi connectivity index (χ2v) is 4.38. The lowest BCUT2D eigenvalue weighted by Gasteiger charge is -2.03. The first-order valence-corrected chi connectivity index (χ1v) is 5.55. The topological polar surface area (TPSA) is 49.8 Å². The lowest BCUT2D eigenvalue weighted by atomic mass is 10.0. The summed E-state index contributed by atoms with van der Waals surface area (Å²) < 4.78 is 0.901. The molecule has 0 radical (unpaired) electrons. The van der Waals surface area contributed by atoms with Crippen LogP contribution in [0.25, 0.3) is 11.1 Å². The first-order valence-electron chi connectivity index (χ1n) is 4.75. The van der Waals surface area contributed by atoms with Crippen LogP contribution in [-0.4, -0.2) is 0 Å². The van der Waals surface area contributed by atoms with E-state index in [1.54, 1.807) is 6.07 Å². The fourth-order valence-corrected chi connectivity index (χ4v) is 1.99. The minimum atomic E-state index is 0.640. The van der Waals surface area contributed by atoms with Crippen LogP contribution in [0.15, 0.2) is 46.9 Å². The zero-order valence-electron chi connectivity index (χ0n) is 8.44. The highest BCUT2D eigenvalue weighted by molar-refractivity contribution is 9.10. The summed E-state index contributed by atoms with van der Waals surface area (Å²) >= 11 is 3.39. The molecule has 2 N–H and O–H groups in total. The SMILES string of the molecule is N#Cc1cc(Br)cc(-c2ccc(N)cc2)c1. The normalized spacial score (nSPS) is 9.75. The summed E-state index contributed by atoms with van der Waals surface area (Å²) in [6, 6.07) is 15.3. The third-order valence-corrected chi connectivity index (χ3v) is 2.73. The zero-order chi connectivity index (χ0) is 11.5. The van der Waals surface area contributed by atoms with Crippen LogP contribution in [0.2, 0.25) is 0 Å². The highest BCUT2D eigenvalue weighted by Crippen LogP contribution is 2.25. The number of anilines is 1. The Morgan fingerprint density at radius 3 is 2.31 bits per heavy atom. The van der Waals surface area contributed by atoms with Gasteiger partial charge in [-0.15, -0.1) is 0 Å². The maximum Gasteiger partial charge on any atom is 0.0992 e. The van der Waals surface area contributed by atoms with Gasteiger partial charge in [-0.2, -0.15) is 5.26 Å². The monoisotopic (exact) mass is 272 g/mol. The summed E-state index contributed by atoms with van der Waals surface area (Å²) in [5.41, 5.74) is 9.06. The number of nitrogens with zero attached hydrogens (tertiary/aromatic N) is 1. The third-order valence-electron chi connectivity index (χ3n) is 2.27. The Labute approximate surface area is 102 Å². The molecule has 0 aliphatic heterocycles. The van der Waals surface area contributed by atoms with E-state index in [-0.39, 0.29) is 0 Å². The van der Waals surface area contributed by atoms with Gasteiger partial charge in [0, 0.05) is 10.2 Å². The molecular formula is C13H9BrN2. The van der Waals surface area contributed by atoms with Gasteiger partial charge in [0.1, 0.15) is 0 Å². The van der Waals surface area contributed by atoms with Crippen molar-refractivity contribution in [1.29, 1.82) is 5.26 Å². The van der Waals surface area contributed by atoms with E-state index in [2.05, 4.69) is 22.0 Å². The first kappa shape index (κ1) is 10.7. The summed E-state index contributed by atoms with van der Waals surface area (Å²) in [4.78, 5) is 0. The standard InChI is InChI=1S/C13H9BrN2/c14-12-6-9(8-15)5-11(7-12)10-1-3-13(16)4-2-10/h1-7H,16H2. The fourth-order valence-electron chi connectivity index (χ4n) is 1.50. The van der Waals surface area contributed by atoms with Crippen LogP contribution < -0.4 is 5.73 Å². The van der Waals surface area contributed by atoms with Crippen molar-refractivity contribution < 1.29 is 0 Å². The number of nitrogen functional groups attached to an aromatic ring is 1. The van der Waals surface area contributed by atoms with Gasteiger partial charge >= 0.3 is 0 Å². The predicted octanol–water partition coefficient (Wildman–Crippen LogP) is 3.57. The van der Waals surface area contributed by atoms with Crippen molar-refractivity contribution >= 4 is 21.6 Å². The third kappa shape index (κ3) is 2.23. The van der Waals surface area contributed by atoms with E-state index in [0.717, 1.165) is 21.3 Å².